The molecule has 0 unspecified atom stereocenters. The van der Waals surface area contributed by atoms with Gasteiger partial charge in [0, 0.05) is 11.3 Å². The molecule has 2 aromatic carbocycles. The minimum Gasteiger partial charge on any atom is -0.326 e. The molecular weight excluding hydrogens is 385 g/mol. The number of ketones is 1. The Labute approximate surface area is 157 Å². The molecule has 0 atom stereocenters. The first-order chi connectivity index (χ1) is 12.6. The molecule has 9 heteroatoms. The van der Waals surface area contributed by atoms with Crippen molar-refractivity contribution in [1.82, 2.24) is 0 Å². The van der Waals surface area contributed by atoms with Gasteiger partial charge in [0.2, 0.25) is 11.8 Å². The molecule has 0 spiro atoms. The van der Waals surface area contributed by atoms with Gasteiger partial charge in [-0.2, -0.15) is 13.2 Å². The summed E-state index contributed by atoms with van der Waals surface area (Å²) in [6, 6.07) is 8.59. The van der Waals surface area contributed by atoms with Gasteiger partial charge in [-0.15, -0.1) is 0 Å². The zero-order valence-electron chi connectivity index (χ0n) is 14.0. The molecule has 27 heavy (non-hydrogen) atoms. The van der Waals surface area contributed by atoms with E-state index in [1.165, 1.54) is 19.1 Å². The monoisotopic (exact) mass is 398 g/mol. The van der Waals surface area contributed by atoms with Crippen LogP contribution in [0.15, 0.2) is 42.5 Å². The SMILES string of the molecule is CC(=O)c1cccc(NC(=O)CC(=O)Nc2cc(C(F)(F)F)ccc2Cl)c1. The molecule has 142 valence electrons. The lowest BCUT2D eigenvalue weighted by Crippen LogP contribution is -2.22. The summed E-state index contributed by atoms with van der Waals surface area (Å²) < 4.78 is 38.2. The Balaban J connectivity index is 2.02. The van der Waals surface area contributed by atoms with Gasteiger partial charge in [0.15, 0.2) is 5.78 Å². The fourth-order valence-corrected chi connectivity index (χ4v) is 2.32. The van der Waals surface area contributed by atoms with Crippen molar-refractivity contribution < 1.29 is 27.6 Å². The highest BCUT2D eigenvalue weighted by Crippen LogP contribution is 2.33. The maximum atomic E-state index is 12.7. The number of benzene rings is 2. The van der Waals surface area contributed by atoms with Crippen molar-refractivity contribution in [2.45, 2.75) is 19.5 Å². The van der Waals surface area contributed by atoms with Crippen LogP contribution in [-0.4, -0.2) is 17.6 Å². The Kier molecular flexibility index (Phi) is 6.22. The standard InChI is InChI=1S/C18H14ClF3N2O3/c1-10(25)11-3-2-4-13(7-11)23-16(26)9-17(27)24-15-8-12(18(20,21)22)5-6-14(15)19/h2-8H,9H2,1H3,(H,23,26)(H,24,27). The third kappa shape index (κ3) is 5.82. The Bertz CT molecular complexity index is 898. The molecule has 0 heterocycles. The molecule has 0 bridgehead atoms. The molecule has 2 amide bonds. The van der Waals surface area contributed by atoms with Crippen molar-refractivity contribution in [3.8, 4) is 0 Å². The summed E-state index contributed by atoms with van der Waals surface area (Å²) in [4.78, 5) is 35.2. The molecule has 5 nitrogen and oxygen atoms in total. The molecule has 0 saturated heterocycles. The molecule has 2 aromatic rings. The summed E-state index contributed by atoms with van der Waals surface area (Å²) in [5, 5.41) is 4.53. The predicted molar refractivity (Wildman–Crippen MR) is 94.8 cm³/mol. The van der Waals surface area contributed by atoms with E-state index in [9.17, 15) is 27.6 Å². The van der Waals surface area contributed by atoms with Crippen LogP contribution in [0.25, 0.3) is 0 Å². The van der Waals surface area contributed by atoms with Gasteiger partial charge >= 0.3 is 6.18 Å². The minimum absolute atomic E-state index is 0.0917. The van der Waals surface area contributed by atoms with E-state index in [0.717, 1.165) is 12.1 Å². The van der Waals surface area contributed by atoms with E-state index >= 15 is 0 Å². The van der Waals surface area contributed by atoms with Crippen LogP contribution in [0.3, 0.4) is 0 Å². The number of alkyl halides is 3. The third-order valence-corrected chi connectivity index (χ3v) is 3.77. The van der Waals surface area contributed by atoms with Gasteiger partial charge in [0.25, 0.3) is 0 Å². The van der Waals surface area contributed by atoms with E-state index in [1.54, 1.807) is 12.1 Å². The summed E-state index contributed by atoms with van der Waals surface area (Å²) >= 11 is 5.79. The number of nitrogens with one attached hydrogen (secondary N) is 2. The van der Waals surface area contributed by atoms with Gasteiger partial charge in [0.05, 0.1) is 16.3 Å². The van der Waals surface area contributed by atoms with Crippen LogP contribution in [0.1, 0.15) is 29.3 Å². The van der Waals surface area contributed by atoms with Crippen LogP contribution >= 0.6 is 11.6 Å². The van der Waals surface area contributed by atoms with E-state index in [1.807, 2.05) is 0 Å². The van der Waals surface area contributed by atoms with Crippen molar-refractivity contribution >= 4 is 40.6 Å². The molecule has 0 aliphatic rings. The number of halogens is 4. The lowest BCUT2D eigenvalue weighted by molar-refractivity contribution is -0.137. The molecule has 2 rings (SSSR count). The average Bonchev–Trinajstić information content (AvgIpc) is 2.55. The number of rotatable bonds is 5. The van der Waals surface area contributed by atoms with Crippen molar-refractivity contribution in [1.29, 1.82) is 0 Å². The second kappa shape index (κ2) is 8.22. The molecule has 2 N–H and O–H groups in total. The van der Waals surface area contributed by atoms with Crippen molar-refractivity contribution in [3.63, 3.8) is 0 Å². The highest BCUT2D eigenvalue weighted by molar-refractivity contribution is 6.33. The van der Waals surface area contributed by atoms with E-state index in [4.69, 9.17) is 11.6 Å². The van der Waals surface area contributed by atoms with Gasteiger partial charge in [0.1, 0.15) is 6.42 Å². The number of hydrogen-bond acceptors (Lipinski definition) is 3. The maximum absolute atomic E-state index is 12.7. The number of Topliss-reactive ketones (excluding diaryl/α,β-unsaturated/α-hetero) is 1. The summed E-state index contributed by atoms with van der Waals surface area (Å²) in [5.74, 6) is -1.73. The van der Waals surface area contributed by atoms with Gasteiger partial charge in [-0.05, 0) is 37.3 Å². The largest absolute Gasteiger partial charge is 0.416 e. The van der Waals surface area contributed by atoms with Crippen LogP contribution in [0.2, 0.25) is 5.02 Å². The van der Waals surface area contributed by atoms with Gasteiger partial charge in [-0.1, -0.05) is 23.7 Å². The van der Waals surface area contributed by atoms with E-state index in [2.05, 4.69) is 10.6 Å². The zero-order valence-corrected chi connectivity index (χ0v) is 14.7. The first kappa shape index (κ1) is 20.4. The van der Waals surface area contributed by atoms with E-state index in [0.29, 0.717) is 17.3 Å². The van der Waals surface area contributed by atoms with E-state index in [-0.39, 0.29) is 16.5 Å². The summed E-state index contributed by atoms with van der Waals surface area (Å²) in [6.45, 7) is 1.37. The second-order valence-corrected chi connectivity index (χ2v) is 6.01. The highest BCUT2D eigenvalue weighted by atomic mass is 35.5. The lowest BCUT2D eigenvalue weighted by atomic mass is 10.1. The van der Waals surface area contributed by atoms with Crippen LogP contribution in [0, 0.1) is 0 Å². The van der Waals surface area contributed by atoms with Crippen LogP contribution < -0.4 is 10.6 Å². The number of amides is 2. The summed E-state index contributed by atoms with van der Waals surface area (Å²) in [6.07, 6.45) is -5.24. The first-order valence-electron chi connectivity index (χ1n) is 7.63. The van der Waals surface area contributed by atoms with Crippen molar-refractivity contribution in [2.24, 2.45) is 0 Å². The van der Waals surface area contributed by atoms with E-state index < -0.39 is 30.0 Å². The molecule has 0 fully saturated rings. The summed E-state index contributed by atoms with van der Waals surface area (Å²) in [5.41, 5.74) is -0.527. The minimum atomic E-state index is -4.59. The second-order valence-electron chi connectivity index (χ2n) is 5.60. The maximum Gasteiger partial charge on any atom is 0.416 e. The molecule has 0 aliphatic heterocycles. The van der Waals surface area contributed by atoms with Gasteiger partial charge in [-0.3, -0.25) is 14.4 Å². The fraction of sp³-hybridized carbons (Fsp3) is 0.167. The Hall–Kier alpha value is -2.87. The smallest absolute Gasteiger partial charge is 0.326 e. The van der Waals surface area contributed by atoms with Crippen LogP contribution in [-0.2, 0) is 15.8 Å². The Morgan fingerprint density at radius 2 is 1.67 bits per heavy atom. The summed E-state index contributed by atoms with van der Waals surface area (Å²) in [7, 11) is 0. The Morgan fingerprint density at radius 3 is 2.30 bits per heavy atom. The number of hydrogen-bond donors (Lipinski definition) is 2. The highest BCUT2D eigenvalue weighted by Gasteiger charge is 2.31. The van der Waals surface area contributed by atoms with Crippen LogP contribution in [0.4, 0.5) is 24.5 Å². The predicted octanol–water partition coefficient (Wildman–Crippen LogP) is 4.53. The van der Waals surface area contributed by atoms with Crippen LogP contribution in [0.5, 0.6) is 0 Å². The lowest BCUT2D eigenvalue weighted by Gasteiger charge is -2.12. The van der Waals surface area contributed by atoms with Crippen molar-refractivity contribution in [3.05, 3.63) is 58.6 Å². The quantitative estimate of drug-likeness (QED) is 0.574. The average molecular weight is 399 g/mol. The normalized spacial score (nSPS) is 11.0. The molecular formula is C18H14ClF3N2O3. The topological polar surface area (TPSA) is 75.3 Å². The van der Waals surface area contributed by atoms with Gasteiger partial charge in [-0.25, -0.2) is 0 Å². The van der Waals surface area contributed by atoms with Gasteiger partial charge < -0.3 is 10.6 Å². The molecule has 0 radical (unpaired) electrons. The number of carbonyl (C=O) groups excluding carboxylic acids is 3. The Morgan fingerprint density at radius 1 is 1.00 bits per heavy atom. The van der Waals surface area contributed by atoms with Crippen molar-refractivity contribution in [2.75, 3.05) is 10.6 Å². The first-order valence-corrected chi connectivity index (χ1v) is 8.01. The zero-order chi connectivity index (χ0) is 20.2. The number of carbonyl (C=O) groups is 3. The fourth-order valence-electron chi connectivity index (χ4n) is 2.16. The molecule has 0 aliphatic carbocycles. The third-order valence-electron chi connectivity index (χ3n) is 3.44. The number of anilines is 2. The molecule has 0 aromatic heterocycles. The molecule has 0 saturated carbocycles.